The smallest absolute Gasteiger partial charge is 0.323 e. The number of carbonyl (C=O) groups excluding carboxylic acids is 1. The summed E-state index contributed by atoms with van der Waals surface area (Å²) in [5.41, 5.74) is 1.56. The van der Waals surface area contributed by atoms with Crippen LogP contribution in [-0.2, 0) is 20.9 Å². The molecule has 1 aliphatic heterocycles. The molecule has 2 aromatic rings. The van der Waals surface area contributed by atoms with Crippen molar-refractivity contribution >= 4 is 28.5 Å². The van der Waals surface area contributed by atoms with Crippen LogP contribution in [0.15, 0.2) is 30.5 Å². The number of nitrogens with one attached hydrogen (secondary N) is 1. The molecule has 0 aliphatic carbocycles. The van der Waals surface area contributed by atoms with Crippen molar-refractivity contribution in [1.82, 2.24) is 4.57 Å². The Kier molecular flexibility index (Phi) is 4.62. The molecule has 6 nitrogen and oxygen atoms in total. The van der Waals surface area contributed by atoms with Crippen LogP contribution in [0.3, 0.4) is 0 Å². The fourth-order valence-electron chi connectivity index (χ4n) is 2.95. The average Bonchev–Trinajstić information content (AvgIpc) is 3.15. The van der Waals surface area contributed by atoms with Gasteiger partial charge in [0, 0.05) is 35.8 Å². The number of nitrogens with zero attached hydrogens (tertiary/aromatic N) is 1. The minimum Gasteiger partial charge on any atom is -0.480 e. The first-order valence-corrected chi connectivity index (χ1v) is 7.84. The predicted molar refractivity (Wildman–Crippen MR) is 86.4 cm³/mol. The van der Waals surface area contributed by atoms with Crippen LogP contribution in [-0.4, -0.2) is 34.3 Å². The number of hydrogen-bond acceptors (Lipinski definition) is 3. The van der Waals surface area contributed by atoms with Crippen LogP contribution >= 0.6 is 0 Å². The summed E-state index contributed by atoms with van der Waals surface area (Å²) in [6.07, 6.45) is 5.27. The number of aromatic nitrogens is 1. The molecule has 0 bridgehead atoms. The second kappa shape index (κ2) is 6.83. The summed E-state index contributed by atoms with van der Waals surface area (Å²) in [5, 5.41) is 12.7. The zero-order chi connectivity index (χ0) is 16.2. The van der Waals surface area contributed by atoms with Gasteiger partial charge >= 0.3 is 5.97 Å². The van der Waals surface area contributed by atoms with Gasteiger partial charge in [0.1, 0.15) is 6.54 Å². The van der Waals surface area contributed by atoms with Gasteiger partial charge in [-0.3, -0.25) is 9.59 Å². The summed E-state index contributed by atoms with van der Waals surface area (Å²) in [6, 6.07) is 7.33. The number of carbonyl (C=O) groups is 2. The molecule has 6 heteroatoms. The van der Waals surface area contributed by atoms with E-state index in [0.717, 1.165) is 42.5 Å². The Labute approximate surface area is 134 Å². The van der Waals surface area contributed by atoms with E-state index in [1.54, 1.807) is 16.8 Å². The lowest BCUT2D eigenvalue weighted by atomic mass is 10.1. The quantitative estimate of drug-likeness (QED) is 0.858. The lowest BCUT2D eigenvalue weighted by Crippen LogP contribution is -2.15. The van der Waals surface area contributed by atoms with Crippen molar-refractivity contribution in [3.8, 4) is 0 Å². The van der Waals surface area contributed by atoms with Gasteiger partial charge in [-0.15, -0.1) is 0 Å². The Morgan fingerprint density at radius 3 is 2.96 bits per heavy atom. The molecule has 1 aromatic carbocycles. The first-order chi connectivity index (χ1) is 11.1. The molecule has 1 unspecified atom stereocenters. The summed E-state index contributed by atoms with van der Waals surface area (Å²) in [5.74, 6) is -0.904. The molecule has 23 heavy (non-hydrogen) atoms. The monoisotopic (exact) mass is 316 g/mol. The lowest BCUT2D eigenvalue weighted by molar-refractivity contribution is -0.137. The van der Waals surface area contributed by atoms with Crippen molar-refractivity contribution in [2.24, 2.45) is 0 Å². The summed E-state index contributed by atoms with van der Waals surface area (Å²) < 4.78 is 7.18. The number of benzene rings is 1. The Balaban J connectivity index is 1.61. The number of amides is 1. The molecule has 0 spiro atoms. The van der Waals surface area contributed by atoms with E-state index in [1.165, 1.54) is 0 Å². The zero-order valence-corrected chi connectivity index (χ0v) is 12.8. The van der Waals surface area contributed by atoms with Crippen molar-refractivity contribution < 1.29 is 19.4 Å². The molecule has 122 valence electrons. The molecule has 0 saturated carbocycles. The maximum atomic E-state index is 12.0. The van der Waals surface area contributed by atoms with Crippen LogP contribution in [0.2, 0.25) is 0 Å². The van der Waals surface area contributed by atoms with Gasteiger partial charge < -0.3 is 19.7 Å². The highest BCUT2D eigenvalue weighted by atomic mass is 16.5. The zero-order valence-electron chi connectivity index (χ0n) is 12.8. The third-order valence-corrected chi connectivity index (χ3v) is 4.08. The van der Waals surface area contributed by atoms with E-state index in [0.29, 0.717) is 6.42 Å². The molecule has 1 fully saturated rings. The standard InChI is InChI=1S/C17H20N2O4/c20-16(6-4-14-2-1-9-23-14)18-13-3-5-15-12(10-13)7-8-19(15)11-17(21)22/h3,5,7-8,10,14H,1-2,4,6,9,11H2,(H,18,20)(H,21,22). The largest absolute Gasteiger partial charge is 0.480 e. The van der Waals surface area contributed by atoms with E-state index in [1.807, 2.05) is 18.2 Å². The maximum absolute atomic E-state index is 12.0. The minimum absolute atomic E-state index is 0.0233. The van der Waals surface area contributed by atoms with E-state index in [2.05, 4.69) is 5.32 Å². The number of carboxylic acids is 1. The number of ether oxygens (including phenoxy) is 1. The minimum atomic E-state index is -0.881. The van der Waals surface area contributed by atoms with Crippen LogP contribution in [0.5, 0.6) is 0 Å². The molecule has 3 rings (SSSR count). The van der Waals surface area contributed by atoms with Gasteiger partial charge in [-0.1, -0.05) is 0 Å². The number of anilines is 1. The van der Waals surface area contributed by atoms with E-state index >= 15 is 0 Å². The van der Waals surface area contributed by atoms with E-state index in [4.69, 9.17) is 9.84 Å². The second-order valence-corrected chi connectivity index (χ2v) is 5.83. The topological polar surface area (TPSA) is 80.6 Å². The molecule has 1 aromatic heterocycles. The molecule has 1 aliphatic rings. The number of aliphatic carboxylic acids is 1. The molecular formula is C17H20N2O4. The third kappa shape index (κ3) is 3.90. The normalized spacial score (nSPS) is 17.5. The fourth-order valence-corrected chi connectivity index (χ4v) is 2.95. The van der Waals surface area contributed by atoms with Gasteiger partial charge in [0.25, 0.3) is 0 Å². The fraction of sp³-hybridized carbons (Fsp3) is 0.412. The van der Waals surface area contributed by atoms with Gasteiger partial charge in [0.05, 0.1) is 6.10 Å². The van der Waals surface area contributed by atoms with Crippen LogP contribution < -0.4 is 5.32 Å². The first-order valence-electron chi connectivity index (χ1n) is 7.84. The second-order valence-electron chi connectivity index (χ2n) is 5.83. The molecule has 0 radical (unpaired) electrons. The summed E-state index contributed by atoms with van der Waals surface area (Å²) in [4.78, 5) is 22.8. The highest BCUT2D eigenvalue weighted by molar-refractivity contribution is 5.94. The van der Waals surface area contributed by atoms with Crippen LogP contribution in [0.1, 0.15) is 25.7 Å². The molecule has 2 heterocycles. The van der Waals surface area contributed by atoms with E-state index in [9.17, 15) is 9.59 Å². The molecule has 1 amide bonds. The number of carboxylic acid groups (broad SMARTS) is 1. The number of rotatable bonds is 6. The Morgan fingerprint density at radius 2 is 2.22 bits per heavy atom. The van der Waals surface area contributed by atoms with Crippen molar-refractivity contribution in [2.75, 3.05) is 11.9 Å². The van der Waals surface area contributed by atoms with Gasteiger partial charge in [-0.25, -0.2) is 0 Å². The maximum Gasteiger partial charge on any atom is 0.323 e. The van der Waals surface area contributed by atoms with Gasteiger partial charge in [-0.05, 0) is 43.5 Å². The first kappa shape index (κ1) is 15.6. The molecule has 1 atom stereocenters. The Morgan fingerprint density at radius 1 is 1.35 bits per heavy atom. The number of fused-ring (bicyclic) bond motifs is 1. The van der Waals surface area contributed by atoms with Crippen LogP contribution in [0.4, 0.5) is 5.69 Å². The van der Waals surface area contributed by atoms with Crippen LogP contribution in [0, 0.1) is 0 Å². The van der Waals surface area contributed by atoms with E-state index < -0.39 is 5.97 Å². The van der Waals surface area contributed by atoms with Gasteiger partial charge in [0.2, 0.25) is 5.91 Å². The highest BCUT2D eigenvalue weighted by Gasteiger charge is 2.16. The SMILES string of the molecule is O=C(O)Cn1ccc2cc(NC(=O)CCC3CCCO3)ccc21. The van der Waals surface area contributed by atoms with Crippen molar-refractivity contribution in [3.63, 3.8) is 0 Å². The van der Waals surface area contributed by atoms with Crippen LogP contribution in [0.25, 0.3) is 10.9 Å². The summed E-state index contributed by atoms with van der Waals surface area (Å²) >= 11 is 0. The number of hydrogen-bond donors (Lipinski definition) is 2. The molecular weight excluding hydrogens is 296 g/mol. The average molecular weight is 316 g/mol. The van der Waals surface area contributed by atoms with Crippen molar-refractivity contribution in [2.45, 2.75) is 38.3 Å². The summed E-state index contributed by atoms with van der Waals surface area (Å²) in [6.45, 7) is 0.729. The van der Waals surface area contributed by atoms with Gasteiger partial charge in [0.15, 0.2) is 0 Å². The predicted octanol–water partition coefficient (Wildman–Crippen LogP) is 2.62. The third-order valence-electron chi connectivity index (χ3n) is 4.08. The Bertz CT molecular complexity index is 716. The van der Waals surface area contributed by atoms with Crippen molar-refractivity contribution in [1.29, 1.82) is 0 Å². The molecule has 1 saturated heterocycles. The summed E-state index contributed by atoms with van der Waals surface area (Å²) in [7, 11) is 0. The van der Waals surface area contributed by atoms with Gasteiger partial charge in [-0.2, -0.15) is 0 Å². The Hall–Kier alpha value is -2.34. The van der Waals surface area contributed by atoms with E-state index in [-0.39, 0.29) is 18.6 Å². The molecule has 2 N–H and O–H groups in total. The lowest BCUT2D eigenvalue weighted by Gasteiger charge is -2.10. The van der Waals surface area contributed by atoms with Crippen molar-refractivity contribution in [3.05, 3.63) is 30.5 Å². The highest BCUT2D eigenvalue weighted by Crippen LogP contribution is 2.21.